The Bertz CT molecular complexity index is 1460. The molecule has 1 atom stereocenters. The Morgan fingerprint density at radius 1 is 0.975 bits per heavy atom. The second-order valence-corrected chi connectivity index (χ2v) is 14.2. The molecule has 0 spiro atoms. The van der Waals surface area contributed by atoms with Gasteiger partial charge in [0.1, 0.15) is 27.6 Å². The zero-order valence-electron chi connectivity index (χ0n) is 23.2. The molecule has 0 saturated heterocycles. The first-order valence-electron chi connectivity index (χ1n) is 13.7. The van der Waals surface area contributed by atoms with Crippen LogP contribution in [0, 0.1) is 5.41 Å². The highest BCUT2D eigenvalue weighted by Crippen LogP contribution is 2.42. The van der Waals surface area contributed by atoms with Gasteiger partial charge >= 0.3 is 0 Å². The van der Waals surface area contributed by atoms with Crippen molar-refractivity contribution in [3.63, 3.8) is 0 Å². The molecule has 1 aliphatic heterocycles. The summed E-state index contributed by atoms with van der Waals surface area (Å²) in [6.45, 7) is 7.38. The molecular formula is C31H36N4O2S3. The summed E-state index contributed by atoms with van der Waals surface area (Å²) in [5, 5.41) is 1.58. The van der Waals surface area contributed by atoms with Crippen molar-refractivity contribution in [2.24, 2.45) is 5.41 Å². The van der Waals surface area contributed by atoms with Crippen molar-refractivity contribution in [2.45, 2.75) is 57.9 Å². The van der Waals surface area contributed by atoms with E-state index in [0.717, 1.165) is 69.7 Å². The first kappa shape index (κ1) is 28.6. The molecule has 2 aromatic heterocycles. The van der Waals surface area contributed by atoms with Crippen molar-refractivity contribution in [3.8, 4) is 27.4 Å². The number of anilines is 2. The van der Waals surface area contributed by atoms with Crippen molar-refractivity contribution in [2.75, 3.05) is 21.8 Å². The Labute approximate surface area is 248 Å². The molecule has 0 amide bonds. The third-order valence-corrected chi connectivity index (χ3v) is 9.55. The van der Waals surface area contributed by atoms with Crippen LogP contribution in [0.4, 0.5) is 10.9 Å². The van der Waals surface area contributed by atoms with Crippen LogP contribution in [0.5, 0.6) is 5.75 Å². The molecule has 4 aromatic rings. The number of nitrogens with one attached hydrogen (secondary N) is 2. The van der Waals surface area contributed by atoms with E-state index in [0.29, 0.717) is 18.2 Å². The number of nitrogens with zero attached hydrogens (tertiary/aromatic N) is 2. The molecule has 0 aliphatic carbocycles. The Morgan fingerprint density at radius 2 is 1.82 bits per heavy atom. The van der Waals surface area contributed by atoms with E-state index in [4.69, 9.17) is 9.72 Å². The molecule has 210 valence electrons. The van der Waals surface area contributed by atoms with Gasteiger partial charge in [-0.25, -0.2) is 14.2 Å². The Morgan fingerprint density at radius 3 is 2.70 bits per heavy atom. The molecule has 9 heteroatoms. The topological polar surface area (TPSA) is 76.1 Å². The molecule has 6 nitrogen and oxygen atoms in total. The van der Waals surface area contributed by atoms with E-state index in [-0.39, 0.29) is 5.41 Å². The Hall–Kier alpha value is -2.88. The van der Waals surface area contributed by atoms with Crippen LogP contribution in [0.2, 0.25) is 0 Å². The molecule has 2 aromatic carbocycles. The van der Waals surface area contributed by atoms with Crippen molar-refractivity contribution < 1.29 is 8.95 Å². The van der Waals surface area contributed by atoms with Gasteiger partial charge in [0.05, 0.1) is 17.2 Å². The Kier molecular flexibility index (Phi) is 9.44. The average Bonchev–Trinajstić information content (AvgIpc) is 3.35. The van der Waals surface area contributed by atoms with Crippen LogP contribution >= 0.6 is 23.3 Å². The quantitative estimate of drug-likeness (QED) is 0.231. The van der Waals surface area contributed by atoms with Crippen LogP contribution < -0.4 is 14.2 Å². The number of aryl methyl sites for hydroxylation is 1. The van der Waals surface area contributed by atoms with Gasteiger partial charge in [-0.05, 0) is 66.5 Å². The van der Waals surface area contributed by atoms with Crippen LogP contribution in [0.3, 0.4) is 0 Å². The van der Waals surface area contributed by atoms with Crippen LogP contribution in [-0.4, -0.2) is 26.5 Å². The highest BCUT2D eigenvalue weighted by Gasteiger charge is 2.19. The maximum absolute atomic E-state index is 12.5. The number of pyridine rings is 1. The van der Waals surface area contributed by atoms with E-state index in [9.17, 15) is 4.21 Å². The van der Waals surface area contributed by atoms with Crippen molar-refractivity contribution in [1.29, 1.82) is 0 Å². The summed E-state index contributed by atoms with van der Waals surface area (Å²) in [4.78, 5) is 10.8. The fraction of sp³-hybridized carbons (Fsp3) is 0.355. The molecule has 1 unspecified atom stereocenters. The van der Waals surface area contributed by atoms with Gasteiger partial charge < -0.3 is 9.46 Å². The number of ether oxygens (including phenoxy) is 1. The lowest BCUT2D eigenvalue weighted by Gasteiger charge is -2.18. The minimum Gasteiger partial charge on any atom is -0.494 e. The van der Waals surface area contributed by atoms with Crippen molar-refractivity contribution in [1.82, 2.24) is 9.97 Å². The standard InChI is InChI=1S/C31H36N4O2S3/c1-31(2,3)18-19-37-24-14-9-13-23(21-24)29-28-25-15-7-6-12-22(25)11-5-4-8-20-40(36)35-26-16-10-17-27(32-26)39-34-30(33-28)38-29/h6-7,9-10,12-17,21H,4-5,8,11,18-20H2,1-3H3,(H,32,35)(H,33,34). The zero-order valence-corrected chi connectivity index (χ0v) is 25.7. The Balaban J connectivity index is 1.50. The summed E-state index contributed by atoms with van der Waals surface area (Å²) in [5.41, 5.74) is 4.73. The van der Waals surface area contributed by atoms with Crippen LogP contribution in [0.15, 0.2) is 71.8 Å². The molecule has 40 heavy (non-hydrogen) atoms. The molecule has 3 heterocycles. The number of thiazole rings is 1. The molecule has 0 fully saturated rings. The second kappa shape index (κ2) is 13.2. The van der Waals surface area contributed by atoms with E-state index in [2.05, 4.69) is 77.7 Å². The normalized spacial score (nSPS) is 16.2. The largest absolute Gasteiger partial charge is 0.494 e. The van der Waals surface area contributed by atoms with Crippen molar-refractivity contribution >= 4 is 45.2 Å². The third-order valence-electron chi connectivity index (χ3n) is 6.58. The van der Waals surface area contributed by atoms with Gasteiger partial charge in [-0.2, -0.15) is 0 Å². The number of fused-ring (bicyclic) bond motifs is 6. The maximum atomic E-state index is 12.5. The monoisotopic (exact) mass is 592 g/mol. The van der Waals surface area contributed by atoms with Crippen molar-refractivity contribution in [3.05, 3.63) is 72.3 Å². The van der Waals surface area contributed by atoms with Crippen LogP contribution in [-0.2, 0) is 17.4 Å². The summed E-state index contributed by atoms with van der Waals surface area (Å²) in [7, 11) is -1.15. The molecule has 2 N–H and O–H groups in total. The lowest BCUT2D eigenvalue weighted by molar-refractivity contribution is 0.243. The first-order chi connectivity index (χ1) is 19.3. The minimum absolute atomic E-state index is 0.227. The van der Waals surface area contributed by atoms with E-state index in [1.54, 1.807) is 11.3 Å². The molecule has 5 rings (SSSR count). The molecular weight excluding hydrogens is 557 g/mol. The summed E-state index contributed by atoms with van der Waals surface area (Å²) in [5.74, 6) is 2.09. The summed E-state index contributed by atoms with van der Waals surface area (Å²) < 4.78 is 25.1. The number of benzene rings is 2. The smallest absolute Gasteiger partial charge is 0.194 e. The highest BCUT2D eigenvalue weighted by molar-refractivity contribution is 8.00. The molecule has 0 saturated carbocycles. The van der Waals surface area contributed by atoms with E-state index in [1.165, 1.54) is 17.5 Å². The predicted molar refractivity (Wildman–Crippen MR) is 170 cm³/mol. The average molecular weight is 593 g/mol. The van der Waals surface area contributed by atoms with E-state index >= 15 is 0 Å². The molecule has 0 radical (unpaired) electrons. The van der Waals surface area contributed by atoms with Gasteiger partial charge in [0.25, 0.3) is 0 Å². The van der Waals surface area contributed by atoms with Gasteiger partial charge in [0.2, 0.25) is 0 Å². The van der Waals surface area contributed by atoms with Gasteiger partial charge in [-0.1, -0.05) is 81.0 Å². The summed E-state index contributed by atoms with van der Waals surface area (Å²) in [6, 6.07) is 22.6. The highest BCUT2D eigenvalue weighted by atomic mass is 32.2. The zero-order chi connectivity index (χ0) is 28.0. The molecule has 1 aliphatic rings. The van der Waals surface area contributed by atoms with Crippen LogP contribution in [0.25, 0.3) is 21.7 Å². The summed E-state index contributed by atoms with van der Waals surface area (Å²) in [6.07, 6.45) is 4.87. The number of hydrogen-bond donors (Lipinski definition) is 2. The number of rotatable bonds is 4. The third kappa shape index (κ3) is 7.86. The van der Waals surface area contributed by atoms with Gasteiger partial charge in [-0.3, -0.25) is 4.72 Å². The van der Waals surface area contributed by atoms with Gasteiger partial charge in [-0.15, -0.1) is 0 Å². The fourth-order valence-electron chi connectivity index (χ4n) is 4.43. The minimum atomic E-state index is -1.15. The van der Waals surface area contributed by atoms with Crippen LogP contribution in [0.1, 0.15) is 52.0 Å². The van der Waals surface area contributed by atoms with Gasteiger partial charge in [0, 0.05) is 23.3 Å². The summed E-state index contributed by atoms with van der Waals surface area (Å²) >= 11 is 3.03. The predicted octanol–water partition coefficient (Wildman–Crippen LogP) is 8.61. The number of aromatic nitrogens is 2. The first-order valence-corrected chi connectivity index (χ1v) is 16.7. The SMILES string of the molecule is CC(C)(C)CCOc1cccc(-c2sc3nc2-c2ccccc2CCCCCS(=O)Nc2cccc(n2)SN3)c1. The number of hydrogen-bond acceptors (Lipinski definition) is 7. The maximum Gasteiger partial charge on any atom is 0.194 e. The lowest BCUT2D eigenvalue weighted by Crippen LogP contribution is -2.11. The van der Waals surface area contributed by atoms with E-state index < -0.39 is 11.0 Å². The lowest BCUT2D eigenvalue weighted by atomic mass is 9.93. The fourth-order valence-corrected chi connectivity index (χ4v) is 6.99. The molecule has 4 bridgehead atoms. The van der Waals surface area contributed by atoms with Gasteiger partial charge in [0.15, 0.2) is 5.13 Å². The second-order valence-electron chi connectivity index (χ2n) is 11.1. The van der Waals surface area contributed by atoms with E-state index in [1.807, 2.05) is 24.3 Å².